The van der Waals surface area contributed by atoms with Crippen molar-refractivity contribution >= 4 is 0 Å². The Hall–Kier alpha value is -1.60. The predicted octanol–water partition coefficient (Wildman–Crippen LogP) is 4.24. The number of likely N-dealkylation sites (N-methyl/N-ethyl adjacent to an activating group) is 1. The Kier molecular flexibility index (Phi) is 3.65. The first-order valence-electron chi connectivity index (χ1n) is 7.16. The first-order valence-corrected chi connectivity index (χ1v) is 7.16. The topological polar surface area (TPSA) is 3.24 Å². The maximum absolute atomic E-state index is 2.51. The number of likely N-dealkylation sites (tertiary alicyclic amines) is 1. The van der Waals surface area contributed by atoms with E-state index in [2.05, 4.69) is 72.6 Å². The van der Waals surface area contributed by atoms with Crippen LogP contribution in [0.1, 0.15) is 35.9 Å². The lowest BCUT2D eigenvalue weighted by atomic mass is 9.80. The van der Waals surface area contributed by atoms with Crippen LogP contribution in [0.2, 0.25) is 0 Å². The van der Waals surface area contributed by atoms with Crippen molar-refractivity contribution in [1.29, 1.82) is 0 Å². The summed E-state index contributed by atoms with van der Waals surface area (Å²) in [6.07, 6.45) is 2.58. The molecule has 1 fully saturated rings. The second kappa shape index (κ2) is 5.58. The summed E-state index contributed by atoms with van der Waals surface area (Å²) in [5.74, 6) is 0.613. The second-order valence-electron chi connectivity index (χ2n) is 5.50. The zero-order valence-electron chi connectivity index (χ0n) is 11.5. The molecule has 1 aliphatic rings. The van der Waals surface area contributed by atoms with Gasteiger partial charge in [-0.05, 0) is 37.6 Å². The lowest BCUT2D eigenvalue weighted by molar-refractivity contribution is 0.161. The number of piperidine rings is 1. The molecule has 1 heterocycles. The fraction of sp³-hybridized carbons (Fsp3) is 0.333. The summed E-state index contributed by atoms with van der Waals surface area (Å²) in [5, 5.41) is 0. The van der Waals surface area contributed by atoms with Crippen molar-refractivity contribution in [3.05, 3.63) is 71.8 Å². The van der Waals surface area contributed by atoms with Gasteiger partial charge in [0, 0.05) is 12.0 Å². The van der Waals surface area contributed by atoms with E-state index in [-0.39, 0.29) is 0 Å². The summed E-state index contributed by atoms with van der Waals surface area (Å²) in [6.45, 7) is 1.20. The summed E-state index contributed by atoms with van der Waals surface area (Å²) >= 11 is 0. The van der Waals surface area contributed by atoms with Gasteiger partial charge < -0.3 is 0 Å². The van der Waals surface area contributed by atoms with Gasteiger partial charge in [-0.3, -0.25) is 4.90 Å². The Morgan fingerprint density at radius 1 is 0.842 bits per heavy atom. The third-order valence-electron chi connectivity index (χ3n) is 4.25. The summed E-state index contributed by atoms with van der Waals surface area (Å²) in [5.41, 5.74) is 2.92. The van der Waals surface area contributed by atoms with Crippen molar-refractivity contribution < 1.29 is 0 Å². The first kappa shape index (κ1) is 12.4. The van der Waals surface area contributed by atoms with Crippen LogP contribution in [0.3, 0.4) is 0 Å². The van der Waals surface area contributed by atoms with E-state index in [9.17, 15) is 0 Å². The molecule has 0 saturated carbocycles. The monoisotopic (exact) mass is 251 g/mol. The minimum Gasteiger partial charge on any atom is -0.299 e. The summed E-state index contributed by atoms with van der Waals surface area (Å²) in [7, 11) is 2.26. The molecule has 0 aromatic heterocycles. The molecule has 19 heavy (non-hydrogen) atoms. The van der Waals surface area contributed by atoms with Crippen LogP contribution in [-0.2, 0) is 0 Å². The fourth-order valence-electron chi connectivity index (χ4n) is 3.35. The second-order valence-corrected chi connectivity index (χ2v) is 5.50. The molecule has 0 N–H and O–H groups in total. The molecular formula is C18H21N. The smallest absolute Gasteiger partial charge is 0.0413 e. The van der Waals surface area contributed by atoms with Crippen LogP contribution in [0.25, 0.3) is 0 Å². The molecule has 0 unspecified atom stereocenters. The van der Waals surface area contributed by atoms with Crippen molar-refractivity contribution in [2.75, 3.05) is 13.6 Å². The Morgan fingerprint density at radius 2 is 1.42 bits per heavy atom. The van der Waals surface area contributed by atoms with Gasteiger partial charge in [-0.15, -0.1) is 0 Å². The molecular weight excluding hydrogens is 230 g/mol. The van der Waals surface area contributed by atoms with Crippen LogP contribution in [0.5, 0.6) is 0 Å². The number of benzene rings is 2. The molecule has 1 saturated heterocycles. The molecule has 0 amide bonds. The average Bonchev–Trinajstić information content (AvgIpc) is 2.49. The quantitative estimate of drug-likeness (QED) is 0.771. The van der Waals surface area contributed by atoms with E-state index in [1.807, 2.05) is 0 Å². The highest BCUT2D eigenvalue weighted by molar-refractivity contribution is 5.28. The molecule has 2 aromatic rings. The van der Waals surface area contributed by atoms with Crippen LogP contribution >= 0.6 is 0 Å². The summed E-state index contributed by atoms with van der Waals surface area (Å²) < 4.78 is 0. The molecule has 0 radical (unpaired) electrons. The van der Waals surface area contributed by atoms with Gasteiger partial charge in [-0.2, -0.15) is 0 Å². The van der Waals surface area contributed by atoms with Gasteiger partial charge in [0.15, 0.2) is 0 Å². The lowest BCUT2D eigenvalue weighted by Crippen LogP contribution is -2.34. The van der Waals surface area contributed by atoms with Gasteiger partial charge in [0.1, 0.15) is 0 Å². The van der Waals surface area contributed by atoms with E-state index in [0.717, 1.165) is 0 Å². The molecule has 2 atom stereocenters. The lowest BCUT2D eigenvalue weighted by Gasteiger charge is -2.40. The zero-order chi connectivity index (χ0) is 13.1. The minimum atomic E-state index is 0.511. The summed E-state index contributed by atoms with van der Waals surface area (Å²) in [6, 6.07) is 22.4. The minimum absolute atomic E-state index is 0.511. The maximum atomic E-state index is 2.51. The van der Waals surface area contributed by atoms with Crippen LogP contribution in [0, 0.1) is 0 Å². The first-order chi connectivity index (χ1) is 9.36. The van der Waals surface area contributed by atoms with Crippen LogP contribution < -0.4 is 0 Å². The average molecular weight is 251 g/mol. The van der Waals surface area contributed by atoms with Gasteiger partial charge >= 0.3 is 0 Å². The van der Waals surface area contributed by atoms with Crippen LogP contribution in [0.4, 0.5) is 0 Å². The van der Waals surface area contributed by atoms with Crippen molar-refractivity contribution in [2.45, 2.75) is 24.8 Å². The van der Waals surface area contributed by atoms with Gasteiger partial charge in [0.2, 0.25) is 0 Å². The van der Waals surface area contributed by atoms with Crippen LogP contribution in [-0.4, -0.2) is 18.5 Å². The van der Waals surface area contributed by atoms with Crippen molar-refractivity contribution in [1.82, 2.24) is 4.90 Å². The van der Waals surface area contributed by atoms with Gasteiger partial charge in [-0.1, -0.05) is 60.7 Å². The number of rotatable bonds is 2. The molecule has 3 rings (SSSR count). The SMILES string of the molecule is CN1CCC[C@H](c2ccccc2)[C@@H]1c1ccccc1. The summed E-state index contributed by atoms with van der Waals surface area (Å²) in [4.78, 5) is 2.51. The molecule has 1 heteroatoms. The molecule has 1 aliphatic heterocycles. The molecule has 0 bridgehead atoms. The highest BCUT2D eigenvalue weighted by Crippen LogP contribution is 2.41. The Morgan fingerprint density at radius 3 is 2.05 bits per heavy atom. The Balaban J connectivity index is 1.97. The Bertz CT molecular complexity index is 506. The molecule has 2 aromatic carbocycles. The molecule has 98 valence electrons. The van der Waals surface area contributed by atoms with Crippen molar-refractivity contribution in [3.8, 4) is 0 Å². The number of nitrogens with zero attached hydrogens (tertiary/aromatic N) is 1. The van der Waals surface area contributed by atoms with Crippen LogP contribution in [0.15, 0.2) is 60.7 Å². The predicted molar refractivity (Wildman–Crippen MR) is 80.2 cm³/mol. The number of hydrogen-bond donors (Lipinski definition) is 0. The molecule has 0 aliphatic carbocycles. The Labute approximate surface area is 115 Å². The number of hydrogen-bond acceptors (Lipinski definition) is 1. The van der Waals surface area contributed by atoms with E-state index in [4.69, 9.17) is 0 Å². The standard InChI is InChI=1S/C18H21N/c1-19-14-8-13-17(15-9-4-2-5-10-15)18(19)16-11-6-3-7-12-16/h2-7,9-12,17-18H,8,13-14H2,1H3/t17-,18+/m1/s1. The van der Waals surface area contributed by atoms with E-state index in [0.29, 0.717) is 12.0 Å². The largest absolute Gasteiger partial charge is 0.299 e. The van der Waals surface area contributed by atoms with Gasteiger partial charge in [-0.25, -0.2) is 0 Å². The third kappa shape index (κ3) is 2.57. The van der Waals surface area contributed by atoms with E-state index < -0.39 is 0 Å². The van der Waals surface area contributed by atoms with E-state index in [1.54, 1.807) is 0 Å². The van der Waals surface area contributed by atoms with E-state index in [1.165, 1.54) is 30.5 Å². The highest BCUT2D eigenvalue weighted by Gasteiger charge is 2.31. The van der Waals surface area contributed by atoms with Crippen molar-refractivity contribution in [2.24, 2.45) is 0 Å². The van der Waals surface area contributed by atoms with Gasteiger partial charge in [0.25, 0.3) is 0 Å². The van der Waals surface area contributed by atoms with Crippen molar-refractivity contribution in [3.63, 3.8) is 0 Å². The normalized spacial score (nSPS) is 24.3. The maximum Gasteiger partial charge on any atom is 0.0413 e. The fourth-order valence-corrected chi connectivity index (χ4v) is 3.35. The third-order valence-corrected chi connectivity index (χ3v) is 4.25. The van der Waals surface area contributed by atoms with E-state index >= 15 is 0 Å². The van der Waals surface area contributed by atoms with Gasteiger partial charge in [0.05, 0.1) is 0 Å². The molecule has 0 spiro atoms. The highest BCUT2D eigenvalue weighted by atomic mass is 15.1. The molecule has 1 nitrogen and oxygen atoms in total. The zero-order valence-corrected chi connectivity index (χ0v) is 11.5.